The van der Waals surface area contributed by atoms with Gasteiger partial charge in [-0.3, -0.25) is 0 Å². The number of fused-ring (bicyclic) bond motifs is 1. The first-order valence-corrected chi connectivity index (χ1v) is 5.09. The number of aromatic nitrogens is 1. The molecule has 1 N–H and O–H groups in total. The summed E-state index contributed by atoms with van der Waals surface area (Å²) in [6, 6.07) is 5.00. The van der Waals surface area contributed by atoms with Gasteiger partial charge < -0.3 is 9.73 Å². The maximum Gasteiger partial charge on any atom is 0.209 e. The number of hydrogen-bond acceptors (Lipinski definition) is 3. The molecule has 0 bridgehead atoms. The van der Waals surface area contributed by atoms with Gasteiger partial charge in [-0.05, 0) is 25.0 Å². The van der Waals surface area contributed by atoms with Crippen LogP contribution in [-0.2, 0) is 6.54 Å². The van der Waals surface area contributed by atoms with E-state index in [2.05, 4.69) is 10.3 Å². The Kier molecular flexibility index (Phi) is 1.95. The Balaban J connectivity index is 1.84. The number of nitrogens with zero attached hydrogens (tertiary/aromatic N) is 1. The van der Waals surface area contributed by atoms with Crippen LogP contribution in [0.2, 0.25) is 0 Å². The molecule has 1 heterocycles. The molecule has 0 amide bonds. The Bertz CT molecular complexity index is 490. The molecular weight excluding hydrogens is 195 g/mol. The SMILES string of the molecule is Fc1ccc2oc(CNC3CC3)nc2c1. The zero-order valence-electron chi connectivity index (χ0n) is 8.16. The van der Waals surface area contributed by atoms with Gasteiger partial charge in [0.2, 0.25) is 5.89 Å². The van der Waals surface area contributed by atoms with E-state index in [0.717, 1.165) is 0 Å². The number of rotatable bonds is 3. The smallest absolute Gasteiger partial charge is 0.209 e. The molecule has 2 aromatic rings. The molecule has 1 aliphatic carbocycles. The molecule has 1 saturated carbocycles. The summed E-state index contributed by atoms with van der Waals surface area (Å²) >= 11 is 0. The van der Waals surface area contributed by atoms with E-state index in [1.165, 1.54) is 25.0 Å². The van der Waals surface area contributed by atoms with Gasteiger partial charge in [0, 0.05) is 12.1 Å². The molecule has 0 spiro atoms. The van der Waals surface area contributed by atoms with Crippen LogP contribution in [0, 0.1) is 5.82 Å². The van der Waals surface area contributed by atoms with Crippen molar-refractivity contribution in [3.05, 3.63) is 29.9 Å². The predicted molar refractivity (Wildman–Crippen MR) is 53.8 cm³/mol. The van der Waals surface area contributed by atoms with Crippen molar-refractivity contribution in [1.82, 2.24) is 10.3 Å². The van der Waals surface area contributed by atoms with Gasteiger partial charge >= 0.3 is 0 Å². The normalized spacial score (nSPS) is 16.1. The van der Waals surface area contributed by atoms with E-state index < -0.39 is 0 Å². The van der Waals surface area contributed by atoms with E-state index >= 15 is 0 Å². The van der Waals surface area contributed by atoms with Crippen molar-refractivity contribution >= 4 is 11.1 Å². The minimum Gasteiger partial charge on any atom is -0.439 e. The summed E-state index contributed by atoms with van der Waals surface area (Å²) in [5, 5.41) is 3.30. The third-order valence-electron chi connectivity index (χ3n) is 2.51. The van der Waals surface area contributed by atoms with Crippen molar-refractivity contribution in [1.29, 1.82) is 0 Å². The van der Waals surface area contributed by atoms with Crippen LogP contribution in [0.1, 0.15) is 18.7 Å². The molecule has 0 unspecified atom stereocenters. The highest BCUT2D eigenvalue weighted by Gasteiger charge is 2.21. The van der Waals surface area contributed by atoms with Gasteiger partial charge in [-0.1, -0.05) is 0 Å². The second-order valence-electron chi connectivity index (χ2n) is 3.87. The van der Waals surface area contributed by atoms with Crippen LogP contribution in [0.15, 0.2) is 22.6 Å². The van der Waals surface area contributed by atoms with E-state index in [1.807, 2.05) is 0 Å². The molecule has 1 aromatic carbocycles. The third-order valence-corrected chi connectivity index (χ3v) is 2.51. The molecular formula is C11H11FN2O. The molecule has 1 aromatic heterocycles. The molecule has 15 heavy (non-hydrogen) atoms. The molecule has 0 saturated heterocycles. The number of hydrogen-bond donors (Lipinski definition) is 1. The molecule has 0 radical (unpaired) electrons. The minimum atomic E-state index is -0.280. The van der Waals surface area contributed by atoms with Crippen LogP contribution in [-0.4, -0.2) is 11.0 Å². The van der Waals surface area contributed by atoms with Gasteiger partial charge in [0.25, 0.3) is 0 Å². The van der Waals surface area contributed by atoms with Gasteiger partial charge in [-0.2, -0.15) is 0 Å². The van der Waals surface area contributed by atoms with Gasteiger partial charge in [0.15, 0.2) is 5.58 Å². The maximum atomic E-state index is 12.9. The molecule has 0 atom stereocenters. The summed E-state index contributed by atoms with van der Waals surface area (Å²) in [7, 11) is 0. The van der Waals surface area contributed by atoms with E-state index in [4.69, 9.17) is 4.42 Å². The molecule has 4 heteroatoms. The van der Waals surface area contributed by atoms with Crippen LogP contribution in [0.3, 0.4) is 0 Å². The molecule has 78 valence electrons. The first-order valence-electron chi connectivity index (χ1n) is 5.09. The average molecular weight is 206 g/mol. The van der Waals surface area contributed by atoms with Crippen LogP contribution in [0.25, 0.3) is 11.1 Å². The molecule has 0 aliphatic heterocycles. The van der Waals surface area contributed by atoms with E-state index in [9.17, 15) is 4.39 Å². The van der Waals surface area contributed by atoms with Crippen LogP contribution in [0.4, 0.5) is 4.39 Å². The standard InChI is InChI=1S/C11H11FN2O/c12-7-1-4-10-9(5-7)14-11(15-10)6-13-8-2-3-8/h1,4-5,8,13H,2-3,6H2. The van der Waals surface area contributed by atoms with Crippen molar-refractivity contribution in [3.8, 4) is 0 Å². The van der Waals surface area contributed by atoms with Crippen molar-refractivity contribution in [3.63, 3.8) is 0 Å². The largest absolute Gasteiger partial charge is 0.439 e. The highest BCUT2D eigenvalue weighted by molar-refractivity contribution is 5.72. The Morgan fingerprint density at radius 2 is 2.33 bits per heavy atom. The minimum absolute atomic E-state index is 0.280. The summed E-state index contributed by atoms with van der Waals surface area (Å²) in [5.74, 6) is 0.347. The Hall–Kier alpha value is -1.42. The molecule has 1 fully saturated rings. The predicted octanol–water partition coefficient (Wildman–Crippen LogP) is 2.22. The fourth-order valence-electron chi connectivity index (χ4n) is 1.54. The topological polar surface area (TPSA) is 38.1 Å². The van der Waals surface area contributed by atoms with Gasteiger partial charge in [0.1, 0.15) is 11.3 Å². The summed E-state index contributed by atoms with van der Waals surface area (Å²) in [5.41, 5.74) is 1.23. The number of oxazole rings is 1. The fourth-order valence-corrected chi connectivity index (χ4v) is 1.54. The average Bonchev–Trinajstić information content (AvgIpc) is 2.95. The van der Waals surface area contributed by atoms with Gasteiger partial charge in [0.05, 0.1) is 6.54 Å². The van der Waals surface area contributed by atoms with E-state index in [0.29, 0.717) is 29.6 Å². The second-order valence-corrected chi connectivity index (χ2v) is 3.87. The van der Waals surface area contributed by atoms with Crippen molar-refractivity contribution in [2.45, 2.75) is 25.4 Å². The summed E-state index contributed by atoms with van der Waals surface area (Å²) in [4.78, 5) is 4.20. The van der Waals surface area contributed by atoms with Crippen LogP contribution >= 0.6 is 0 Å². The van der Waals surface area contributed by atoms with E-state index in [-0.39, 0.29) is 5.82 Å². The summed E-state index contributed by atoms with van der Waals surface area (Å²) in [6.07, 6.45) is 2.46. The lowest BCUT2D eigenvalue weighted by Gasteiger charge is -1.95. The van der Waals surface area contributed by atoms with Crippen LogP contribution < -0.4 is 5.32 Å². The summed E-state index contributed by atoms with van der Waals surface area (Å²) in [6.45, 7) is 0.626. The van der Waals surface area contributed by atoms with Crippen molar-refractivity contribution in [2.24, 2.45) is 0 Å². The zero-order chi connectivity index (χ0) is 10.3. The first kappa shape index (κ1) is 8.85. The molecule has 3 rings (SSSR count). The highest BCUT2D eigenvalue weighted by Crippen LogP contribution is 2.20. The lowest BCUT2D eigenvalue weighted by molar-refractivity contribution is 0.494. The van der Waals surface area contributed by atoms with E-state index in [1.54, 1.807) is 6.07 Å². The van der Waals surface area contributed by atoms with Crippen LogP contribution in [0.5, 0.6) is 0 Å². The summed E-state index contributed by atoms with van der Waals surface area (Å²) < 4.78 is 18.3. The lowest BCUT2D eigenvalue weighted by Crippen LogP contribution is -2.15. The Morgan fingerprint density at radius 1 is 1.47 bits per heavy atom. The molecule has 1 aliphatic rings. The Morgan fingerprint density at radius 3 is 3.13 bits per heavy atom. The molecule has 3 nitrogen and oxygen atoms in total. The van der Waals surface area contributed by atoms with Gasteiger partial charge in [-0.15, -0.1) is 0 Å². The quantitative estimate of drug-likeness (QED) is 0.836. The van der Waals surface area contributed by atoms with Crippen molar-refractivity contribution < 1.29 is 8.81 Å². The zero-order valence-corrected chi connectivity index (χ0v) is 8.16. The maximum absolute atomic E-state index is 12.9. The monoisotopic (exact) mass is 206 g/mol. The number of halogens is 1. The van der Waals surface area contributed by atoms with Gasteiger partial charge in [-0.25, -0.2) is 9.37 Å². The number of nitrogens with one attached hydrogen (secondary N) is 1. The van der Waals surface area contributed by atoms with Crippen molar-refractivity contribution in [2.75, 3.05) is 0 Å². The fraction of sp³-hybridized carbons (Fsp3) is 0.364. The first-order chi connectivity index (χ1) is 7.31. The Labute approximate surface area is 86.3 Å². The third kappa shape index (κ3) is 1.85. The second kappa shape index (κ2) is 3.31. The lowest BCUT2D eigenvalue weighted by atomic mass is 10.3. The highest BCUT2D eigenvalue weighted by atomic mass is 19.1. The number of benzene rings is 1.